The number of urea groups is 1. The molecule has 0 bridgehead atoms. The molecule has 1 fully saturated rings. The first kappa shape index (κ1) is 21.9. The molecule has 1 aromatic heterocycles. The first-order valence-electron chi connectivity index (χ1n) is 11.1. The maximum atomic E-state index is 13.0. The molecule has 1 aliphatic heterocycles. The monoisotopic (exact) mass is 434 g/mol. The molecule has 0 aliphatic carbocycles. The van der Waals surface area contributed by atoms with Gasteiger partial charge in [0.25, 0.3) is 0 Å². The van der Waals surface area contributed by atoms with Gasteiger partial charge in [-0.1, -0.05) is 48.5 Å². The Kier molecular flexibility index (Phi) is 7.07. The molecule has 7 heteroatoms. The first-order chi connectivity index (χ1) is 15.7. The molecular formula is C25H30N4O3. The third-order valence-electron chi connectivity index (χ3n) is 5.51. The van der Waals surface area contributed by atoms with E-state index in [0.29, 0.717) is 25.5 Å². The Morgan fingerprint density at radius 3 is 2.56 bits per heavy atom. The molecule has 0 spiro atoms. The molecule has 1 N–H and O–H groups in total. The number of ether oxygens (including phenoxy) is 2. The van der Waals surface area contributed by atoms with E-state index in [0.717, 1.165) is 42.0 Å². The summed E-state index contributed by atoms with van der Waals surface area (Å²) in [7, 11) is 1.87. The molecule has 1 atom stereocenters. The molecule has 0 radical (unpaired) electrons. The van der Waals surface area contributed by atoms with E-state index < -0.39 is 0 Å². The predicted molar refractivity (Wildman–Crippen MR) is 124 cm³/mol. The van der Waals surface area contributed by atoms with Gasteiger partial charge in [-0.2, -0.15) is 5.10 Å². The van der Waals surface area contributed by atoms with E-state index in [-0.39, 0.29) is 12.1 Å². The van der Waals surface area contributed by atoms with Gasteiger partial charge >= 0.3 is 6.03 Å². The minimum absolute atomic E-state index is 0.0490. The Labute approximate surface area is 188 Å². The molecule has 1 aliphatic rings. The van der Waals surface area contributed by atoms with Crippen LogP contribution in [0.2, 0.25) is 0 Å². The van der Waals surface area contributed by atoms with E-state index in [2.05, 4.69) is 5.32 Å². The Balaban J connectivity index is 1.72. The zero-order chi connectivity index (χ0) is 22.3. The molecule has 7 nitrogen and oxygen atoms in total. The molecule has 0 saturated carbocycles. The van der Waals surface area contributed by atoms with Crippen LogP contribution in [-0.4, -0.2) is 46.5 Å². The van der Waals surface area contributed by atoms with Gasteiger partial charge in [0, 0.05) is 32.3 Å². The number of amides is 2. The Morgan fingerprint density at radius 1 is 1.19 bits per heavy atom. The van der Waals surface area contributed by atoms with Gasteiger partial charge in [0.15, 0.2) is 0 Å². The number of para-hydroxylation sites is 1. The van der Waals surface area contributed by atoms with Gasteiger partial charge in [0.2, 0.25) is 5.88 Å². The lowest BCUT2D eigenvalue weighted by Gasteiger charge is -2.26. The fraction of sp³-hybridized carbons (Fsp3) is 0.360. The lowest BCUT2D eigenvalue weighted by atomic mass is 10.1. The van der Waals surface area contributed by atoms with Crippen LogP contribution in [0.25, 0.3) is 11.3 Å². The first-order valence-corrected chi connectivity index (χ1v) is 11.1. The standard InChI is InChI=1S/C25H30N4O3/c1-3-26-25(30)29(17-21-15-10-16-31-21)18-22-23(19-11-6-4-7-12-19)27-28(2)24(22)32-20-13-8-5-9-14-20/h4-9,11-14,21H,3,10,15-18H2,1-2H3,(H,26,30). The van der Waals surface area contributed by atoms with E-state index >= 15 is 0 Å². The fourth-order valence-electron chi connectivity index (χ4n) is 3.96. The molecule has 2 heterocycles. The minimum Gasteiger partial charge on any atom is -0.439 e. The van der Waals surface area contributed by atoms with Crippen LogP contribution >= 0.6 is 0 Å². The highest BCUT2D eigenvalue weighted by molar-refractivity contribution is 5.75. The van der Waals surface area contributed by atoms with Crippen LogP contribution in [0.5, 0.6) is 11.6 Å². The van der Waals surface area contributed by atoms with Crippen molar-refractivity contribution in [2.24, 2.45) is 7.05 Å². The van der Waals surface area contributed by atoms with E-state index in [1.165, 1.54) is 0 Å². The predicted octanol–water partition coefficient (Wildman–Crippen LogP) is 4.59. The molecule has 2 aromatic carbocycles. The quantitative estimate of drug-likeness (QED) is 0.563. The Hall–Kier alpha value is -3.32. The zero-order valence-electron chi connectivity index (χ0n) is 18.7. The van der Waals surface area contributed by atoms with Crippen molar-refractivity contribution < 1.29 is 14.3 Å². The van der Waals surface area contributed by atoms with Gasteiger partial charge in [-0.3, -0.25) is 0 Å². The molecule has 3 aromatic rings. The number of hydrogen-bond acceptors (Lipinski definition) is 4. The summed E-state index contributed by atoms with van der Waals surface area (Å²) in [4.78, 5) is 14.8. The van der Waals surface area contributed by atoms with Crippen molar-refractivity contribution >= 4 is 6.03 Å². The van der Waals surface area contributed by atoms with Gasteiger partial charge in [-0.25, -0.2) is 9.48 Å². The number of rotatable bonds is 8. The average molecular weight is 435 g/mol. The van der Waals surface area contributed by atoms with Crippen LogP contribution in [0.1, 0.15) is 25.3 Å². The summed E-state index contributed by atoms with van der Waals surface area (Å²) in [5.41, 5.74) is 2.65. The SMILES string of the molecule is CCNC(=O)N(Cc1c(-c2ccccc2)nn(C)c1Oc1ccccc1)CC1CCCO1. The van der Waals surface area contributed by atoms with Crippen LogP contribution in [0.15, 0.2) is 60.7 Å². The molecule has 4 rings (SSSR count). The molecule has 32 heavy (non-hydrogen) atoms. The molecule has 1 saturated heterocycles. The fourth-order valence-corrected chi connectivity index (χ4v) is 3.96. The van der Waals surface area contributed by atoms with Crippen molar-refractivity contribution in [3.8, 4) is 22.9 Å². The van der Waals surface area contributed by atoms with Crippen LogP contribution < -0.4 is 10.1 Å². The normalized spacial score (nSPS) is 15.5. The van der Waals surface area contributed by atoms with Crippen molar-refractivity contribution in [3.63, 3.8) is 0 Å². The second-order valence-electron chi connectivity index (χ2n) is 7.89. The lowest BCUT2D eigenvalue weighted by molar-refractivity contribution is 0.0794. The Morgan fingerprint density at radius 2 is 1.91 bits per heavy atom. The summed E-state index contributed by atoms with van der Waals surface area (Å²) < 4.78 is 13.8. The summed E-state index contributed by atoms with van der Waals surface area (Å²) in [5, 5.41) is 7.71. The number of nitrogens with one attached hydrogen (secondary N) is 1. The number of nitrogens with zero attached hydrogens (tertiary/aromatic N) is 3. The number of benzene rings is 2. The maximum absolute atomic E-state index is 13.0. The van der Waals surface area contributed by atoms with Gasteiger partial charge in [0.05, 0.1) is 18.2 Å². The van der Waals surface area contributed by atoms with E-state index in [4.69, 9.17) is 14.6 Å². The third kappa shape index (κ3) is 5.11. The van der Waals surface area contributed by atoms with Crippen molar-refractivity contribution in [1.29, 1.82) is 0 Å². The third-order valence-corrected chi connectivity index (χ3v) is 5.51. The van der Waals surface area contributed by atoms with Gasteiger partial charge < -0.3 is 19.7 Å². The second-order valence-corrected chi connectivity index (χ2v) is 7.89. The number of hydrogen-bond donors (Lipinski definition) is 1. The lowest BCUT2D eigenvalue weighted by Crippen LogP contribution is -2.43. The van der Waals surface area contributed by atoms with Crippen molar-refractivity contribution in [2.45, 2.75) is 32.4 Å². The highest BCUT2D eigenvalue weighted by Gasteiger charge is 2.27. The topological polar surface area (TPSA) is 68.6 Å². The van der Waals surface area contributed by atoms with Crippen LogP contribution in [0.4, 0.5) is 4.79 Å². The average Bonchev–Trinajstić information content (AvgIpc) is 3.43. The summed E-state index contributed by atoms with van der Waals surface area (Å²) in [6.45, 7) is 4.13. The number of carbonyl (C=O) groups is 1. The van der Waals surface area contributed by atoms with E-state index in [1.54, 1.807) is 9.58 Å². The van der Waals surface area contributed by atoms with E-state index in [1.807, 2.05) is 74.6 Å². The van der Waals surface area contributed by atoms with Crippen molar-refractivity contribution in [1.82, 2.24) is 20.0 Å². The van der Waals surface area contributed by atoms with Crippen LogP contribution in [0, 0.1) is 0 Å². The second kappa shape index (κ2) is 10.3. The summed E-state index contributed by atoms with van der Waals surface area (Å²) in [5.74, 6) is 1.34. The molecule has 2 amide bonds. The highest BCUT2D eigenvalue weighted by atomic mass is 16.5. The maximum Gasteiger partial charge on any atom is 0.317 e. The number of aryl methyl sites for hydroxylation is 1. The number of carbonyl (C=O) groups excluding carboxylic acids is 1. The molecule has 1 unspecified atom stereocenters. The van der Waals surface area contributed by atoms with Gasteiger partial charge in [-0.05, 0) is 31.9 Å². The van der Waals surface area contributed by atoms with Crippen LogP contribution in [0.3, 0.4) is 0 Å². The van der Waals surface area contributed by atoms with E-state index in [9.17, 15) is 4.79 Å². The largest absolute Gasteiger partial charge is 0.439 e. The number of aromatic nitrogens is 2. The van der Waals surface area contributed by atoms with Crippen LogP contribution in [-0.2, 0) is 18.3 Å². The molecular weight excluding hydrogens is 404 g/mol. The van der Waals surface area contributed by atoms with Gasteiger partial charge in [0.1, 0.15) is 11.4 Å². The summed E-state index contributed by atoms with van der Waals surface area (Å²) in [6, 6.07) is 19.5. The zero-order valence-corrected chi connectivity index (χ0v) is 18.7. The summed E-state index contributed by atoms with van der Waals surface area (Å²) in [6.07, 6.45) is 2.04. The Bertz CT molecular complexity index is 1010. The van der Waals surface area contributed by atoms with Crippen molar-refractivity contribution in [2.75, 3.05) is 19.7 Å². The highest BCUT2D eigenvalue weighted by Crippen LogP contribution is 2.34. The van der Waals surface area contributed by atoms with Gasteiger partial charge in [-0.15, -0.1) is 0 Å². The molecule has 168 valence electrons. The van der Waals surface area contributed by atoms with Crippen molar-refractivity contribution in [3.05, 3.63) is 66.2 Å². The summed E-state index contributed by atoms with van der Waals surface area (Å²) >= 11 is 0. The minimum atomic E-state index is -0.114. The smallest absolute Gasteiger partial charge is 0.317 e.